The lowest BCUT2D eigenvalue weighted by Crippen LogP contribution is -2.30. The van der Waals surface area contributed by atoms with Crippen molar-refractivity contribution in [1.29, 1.82) is 0 Å². The monoisotopic (exact) mass is 312 g/mol. The van der Waals surface area contributed by atoms with E-state index in [1.807, 2.05) is 24.3 Å². The number of halogens is 1. The van der Waals surface area contributed by atoms with Crippen molar-refractivity contribution < 1.29 is 19.1 Å². The van der Waals surface area contributed by atoms with Crippen molar-refractivity contribution in [3.8, 4) is 0 Å². The fourth-order valence-electron chi connectivity index (χ4n) is 2.26. The zero-order chi connectivity index (χ0) is 13.3. The van der Waals surface area contributed by atoms with Gasteiger partial charge >= 0.3 is 11.9 Å². The average molecular weight is 313 g/mol. The highest BCUT2D eigenvalue weighted by Crippen LogP contribution is 2.60. The molecule has 5 heteroatoms. The maximum absolute atomic E-state index is 11.8. The predicted octanol–water partition coefficient (Wildman–Crippen LogP) is 2.27. The van der Waals surface area contributed by atoms with E-state index in [-0.39, 0.29) is 5.92 Å². The van der Waals surface area contributed by atoms with Gasteiger partial charge in [0, 0.05) is 10.4 Å². The molecule has 0 N–H and O–H groups in total. The van der Waals surface area contributed by atoms with E-state index < -0.39 is 17.4 Å². The molecule has 18 heavy (non-hydrogen) atoms. The molecular weight excluding hydrogens is 300 g/mol. The van der Waals surface area contributed by atoms with Gasteiger partial charge in [-0.15, -0.1) is 0 Å². The number of carbonyl (C=O) groups is 2. The van der Waals surface area contributed by atoms with E-state index in [4.69, 9.17) is 9.47 Å². The van der Waals surface area contributed by atoms with Crippen LogP contribution in [0.2, 0.25) is 0 Å². The summed E-state index contributed by atoms with van der Waals surface area (Å²) in [7, 11) is 2.56. The molecule has 0 aromatic heterocycles. The fourth-order valence-corrected chi connectivity index (χ4v) is 2.52. The summed E-state index contributed by atoms with van der Waals surface area (Å²) >= 11 is 3.35. The van der Waals surface area contributed by atoms with Gasteiger partial charge < -0.3 is 9.47 Å². The number of ether oxygens (including phenoxy) is 2. The number of carbonyl (C=O) groups excluding carboxylic acids is 2. The summed E-state index contributed by atoms with van der Waals surface area (Å²) in [6.07, 6.45) is 0.438. The van der Waals surface area contributed by atoms with E-state index in [1.165, 1.54) is 14.2 Å². The second-order valence-electron chi connectivity index (χ2n) is 4.26. The van der Waals surface area contributed by atoms with Crippen LogP contribution in [0, 0.1) is 5.41 Å². The number of rotatable bonds is 3. The largest absolute Gasteiger partial charge is 0.468 e. The lowest BCUT2D eigenvalue weighted by molar-refractivity contribution is -0.161. The minimum absolute atomic E-state index is 0.162. The summed E-state index contributed by atoms with van der Waals surface area (Å²) in [4.78, 5) is 23.6. The third kappa shape index (κ3) is 1.92. The molecule has 2 rings (SSSR count). The van der Waals surface area contributed by atoms with Crippen LogP contribution in [0.1, 0.15) is 17.9 Å². The Kier molecular flexibility index (Phi) is 3.43. The Hall–Kier alpha value is -1.36. The van der Waals surface area contributed by atoms with Gasteiger partial charge in [-0.05, 0) is 24.1 Å². The smallest absolute Gasteiger partial charge is 0.323 e. The molecule has 1 saturated carbocycles. The quantitative estimate of drug-likeness (QED) is 0.634. The highest BCUT2D eigenvalue weighted by atomic mass is 79.9. The molecule has 4 nitrogen and oxygen atoms in total. The number of hydrogen-bond acceptors (Lipinski definition) is 4. The highest BCUT2D eigenvalue weighted by molar-refractivity contribution is 9.10. The van der Waals surface area contributed by atoms with Gasteiger partial charge in [0.05, 0.1) is 14.2 Å². The Morgan fingerprint density at radius 3 is 2.11 bits per heavy atom. The average Bonchev–Trinajstić information content (AvgIpc) is 3.14. The molecule has 1 aromatic carbocycles. The lowest BCUT2D eigenvalue weighted by Gasteiger charge is -2.12. The standard InChI is InChI=1S/C13H13BrO4/c1-17-11(15)13(12(16)18-2)7-10(13)8-3-5-9(14)6-4-8/h3-6,10H,7H2,1-2H3. The number of hydrogen-bond donors (Lipinski definition) is 0. The van der Waals surface area contributed by atoms with E-state index in [2.05, 4.69) is 15.9 Å². The molecule has 0 saturated heterocycles. The van der Waals surface area contributed by atoms with Crippen LogP contribution in [-0.2, 0) is 19.1 Å². The van der Waals surface area contributed by atoms with E-state index in [0.29, 0.717) is 6.42 Å². The van der Waals surface area contributed by atoms with Gasteiger partial charge in [-0.3, -0.25) is 9.59 Å². The second-order valence-corrected chi connectivity index (χ2v) is 5.18. The molecule has 0 heterocycles. The molecule has 0 amide bonds. The van der Waals surface area contributed by atoms with Gasteiger partial charge in [-0.2, -0.15) is 0 Å². The fraction of sp³-hybridized carbons (Fsp3) is 0.385. The van der Waals surface area contributed by atoms with Crippen LogP contribution in [0.3, 0.4) is 0 Å². The minimum atomic E-state index is -1.16. The van der Waals surface area contributed by atoms with Crippen LogP contribution in [0.15, 0.2) is 28.7 Å². The Labute approximate surface area is 113 Å². The van der Waals surface area contributed by atoms with Gasteiger partial charge in [-0.1, -0.05) is 28.1 Å². The van der Waals surface area contributed by atoms with Crippen molar-refractivity contribution in [3.05, 3.63) is 34.3 Å². The van der Waals surface area contributed by atoms with Crippen molar-refractivity contribution in [3.63, 3.8) is 0 Å². The van der Waals surface area contributed by atoms with Gasteiger partial charge in [-0.25, -0.2) is 0 Å². The van der Waals surface area contributed by atoms with E-state index in [9.17, 15) is 9.59 Å². The maximum atomic E-state index is 11.8. The number of esters is 2. The van der Waals surface area contributed by atoms with Crippen LogP contribution >= 0.6 is 15.9 Å². The molecular formula is C13H13BrO4. The summed E-state index contributed by atoms with van der Waals surface area (Å²) < 4.78 is 10.4. The zero-order valence-electron chi connectivity index (χ0n) is 10.1. The van der Waals surface area contributed by atoms with Gasteiger partial charge in [0.1, 0.15) is 0 Å². The van der Waals surface area contributed by atoms with Crippen LogP contribution < -0.4 is 0 Å². The first-order valence-corrected chi connectivity index (χ1v) is 6.28. The Morgan fingerprint density at radius 2 is 1.67 bits per heavy atom. The second kappa shape index (κ2) is 4.72. The van der Waals surface area contributed by atoms with Crippen LogP contribution in [-0.4, -0.2) is 26.2 Å². The molecule has 1 unspecified atom stereocenters. The molecule has 1 aromatic rings. The SMILES string of the molecule is COC(=O)C1(C(=O)OC)CC1c1ccc(Br)cc1. The Balaban J connectivity index is 2.30. The first-order valence-electron chi connectivity index (χ1n) is 5.48. The molecule has 0 aliphatic heterocycles. The van der Waals surface area contributed by atoms with E-state index >= 15 is 0 Å². The van der Waals surface area contributed by atoms with Gasteiger partial charge in [0.15, 0.2) is 5.41 Å². The van der Waals surface area contributed by atoms with Crippen LogP contribution in [0.5, 0.6) is 0 Å². The highest BCUT2D eigenvalue weighted by Gasteiger charge is 2.68. The van der Waals surface area contributed by atoms with Crippen molar-refractivity contribution >= 4 is 27.9 Å². The predicted molar refractivity (Wildman–Crippen MR) is 68.0 cm³/mol. The molecule has 1 aliphatic carbocycles. The van der Waals surface area contributed by atoms with E-state index in [0.717, 1.165) is 10.0 Å². The van der Waals surface area contributed by atoms with Crippen LogP contribution in [0.25, 0.3) is 0 Å². The molecule has 1 aliphatic rings. The number of benzene rings is 1. The normalized spacial score (nSPS) is 20.1. The van der Waals surface area contributed by atoms with Crippen molar-refractivity contribution in [2.45, 2.75) is 12.3 Å². The third-order valence-electron chi connectivity index (χ3n) is 3.33. The van der Waals surface area contributed by atoms with Crippen molar-refractivity contribution in [2.75, 3.05) is 14.2 Å². The third-order valence-corrected chi connectivity index (χ3v) is 3.86. The molecule has 0 spiro atoms. The van der Waals surface area contributed by atoms with Gasteiger partial charge in [0.2, 0.25) is 0 Å². The summed E-state index contributed by atoms with van der Waals surface area (Å²) in [5.74, 6) is -1.21. The van der Waals surface area contributed by atoms with Crippen molar-refractivity contribution in [2.24, 2.45) is 5.41 Å². The zero-order valence-corrected chi connectivity index (χ0v) is 11.7. The first kappa shape index (κ1) is 13.1. The Bertz CT molecular complexity index is 464. The van der Waals surface area contributed by atoms with Crippen molar-refractivity contribution in [1.82, 2.24) is 0 Å². The number of methoxy groups -OCH3 is 2. The van der Waals surface area contributed by atoms with Crippen LogP contribution in [0.4, 0.5) is 0 Å². The molecule has 0 bridgehead atoms. The summed E-state index contributed by atoms with van der Waals surface area (Å²) in [5, 5.41) is 0. The van der Waals surface area contributed by atoms with E-state index in [1.54, 1.807) is 0 Å². The first-order chi connectivity index (χ1) is 8.56. The molecule has 1 atom stereocenters. The topological polar surface area (TPSA) is 52.6 Å². The summed E-state index contributed by atoms with van der Waals surface area (Å²) in [5.41, 5.74) is -0.217. The van der Waals surface area contributed by atoms with Gasteiger partial charge in [0.25, 0.3) is 0 Å². The molecule has 1 fully saturated rings. The summed E-state index contributed by atoms with van der Waals surface area (Å²) in [6, 6.07) is 7.55. The molecule has 0 radical (unpaired) electrons. The lowest BCUT2D eigenvalue weighted by atomic mass is 9.99. The minimum Gasteiger partial charge on any atom is -0.468 e. The maximum Gasteiger partial charge on any atom is 0.323 e. The molecule has 96 valence electrons. The summed E-state index contributed by atoms with van der Waals surface area (Å²) in [6.45, 7) is 0. The Morgan fingerprint density at radius 1 is 1.17 bits per heavy atom.